The summed E-state index contributed by atoms with van der Waals surface area (Å²) in [5, 5.41) is 0. The Bertz CT molecular complexity index is 785. The van der Waals surface area contributed by atoms with Crippen molar-refractivity contribution in [2.45, 2.75) is 11.8 Å². The molecule has 0 aromatic heterocycles. The van der Waals surface area contributed by atoms with E-state index in [-0.39, 0.29) is 0 Å². The highest BCUT2D eigenvalue weighted by Gasteiger charge is 2.29. The highest BCUT2D eigenvalue weighted by molar-refractivity contribution is 7.89. The third-order valence-electron chi connectivity index (χ3n) is 4.46. The molecule has 1 saturated heterocycles. The molecule has 5 nitrogen and oxygen atoms in total. The lowest BCUT2D eigenvalue weighted by atomic mass is 10.2. The fourth-order valence-corrected chi connectivity index (χ4v) is 4.64. The monoisotopic (exact) mass is 360 g/mol. The summed E-state index contributed by atoms with van der Waals surface area (Å²) < 4.78 is 32.9. The number of hydrogen-bond acceptors (Lipinski definition) is 4. The smallest absolute Gasteiger partial charge is 0.243 e. The van der Waals surface area contributed by atoms with Crippen molar-refractivity contribution in [1.82, 2.24) is 9.21 Å². The van der Waals surface area contributed by atoms with Crippen molar-refractivity contribution >= 4 is 10.0 Å². The highest BCUT2D eigenvalue weighted by Crippen LogP contribution is 2.20. The molecule has 3 rings (SSSR count). The first-order valence-electron chi connectivity index (χ1n) is 8.53. The Morgan fingerprint density at radius 1 is 0.920 bits per heavy atom. The molecule has 0 saturated carbocycles. The van der Waals surface area contributed by atoms with Gasteiger partial charge in [-0.15, -0.1) is 0 Å². The molecule has 25 heavy (non-hydrogen) atoms. The molecule has 0 bridgehead atoms. The molecular weight excluding hydrogens is 336 g/mol. The molecule has 1 aliphatic heterocycles. The summed E-state index contributed by atoms with van der Waals surface area (Å²) in [4.78, 5) is 2.66. The van der Waals surface area contributed by atoms with Gasteiger partial charge in [0.15, 0.2) is 0 Å². The minimum atomic E-state index is -3.40. The van der Waals surface area contributed by atoms with Crippen molar-refractivity contribution in [3.8, 4) is 5.75 Å². The van der Waals surface area contributed by atoms with Crippen molar-refractivity contribution in [2.75, 3.05) is 39.3 Å². The van der Waals surface area contributed by atoms with E-state index in [1.807, 2.05) is 49.4 Å². The zero-order valence-electron chi connectivity index (χ0n) is 14.5. The van der Waals surface area contributed by atoms with Crippen LogP contribution in [0.4, 0.5) is 0 Å². The van der Waals surface area contributed by atoms with Crippen molar-refractivity contribution < 1.29 is 13.2 Å². The number of rotatable bonds is 6. The molecule has 0 unspecified atom stereocenters. The van der Waals surface area contributed by atoms with Gasteiger partial charge in [-0.3, -0.25) is 4.90 Å². The van der Waals surface area contributed by atoms with Gasteiger partial charge in [-0.1, -0.05) is 36.4 Å². The predicted octanol–water partition coefficient (Wildman–Crippen LogP) is 2.38. The standard InChI is InChI=1S/C19H24N2O3S/c1-17-7-5-6-10-19(17)25(22,23)21-13-11-20(12-14-21)15-16-24-18-8-3-2-4-9-18/h2-10H,11-16H2,1H3. The van der Waals surface area contributed by atoms with E-state index < -0.39 is 10.0 Å². The number of sulfonamides is 1. The second-order valence-corrected chi connectivity index (χ2v) is 8.08. The molecule has 134 valence electrons. The molecule has 0 atom stereocenters. The Hall–Kier alpha value is -1.89. The molecule has 1 aliphatic rings. The molecule has 2 aromatic carbocycles. The third kappa shape index (κ3) is 4.39. The number of aryl methyl sites for hydroxylation is 1. The van der Waals surface area contributed by atoms with Crippen LogP contribution in [-0.4, -0.2) is 57.0 Å². The van der Waals surface area contributed by atoms with Gasteiger partial charge in [-0.25, -0.2) is 8.42 Å². The zero-order chi connectivity index (χ0) is 17.7. The van der Waals surface area contributed by atoms with Crippen molar-refractivity contribution in [3.05, 3.63) is 60.2 Å². The van der Waals surface area contributed by atoms with Gasteiger partial charge in [0.1, 0.15) is 12.4 Å². The molecule has 0 N–H and O–H groups in total. The molecule has 0 amide bonds. The number of ether oxygens (including phenoxy) is 1. The van der Waals surface area contributed by atoms with E-state index in [1.165, 1.54) is 0 Å². The van der Waals surface area contributed by atoms with Gasteiger partial charge in [0.2, 0.25) is 10.0 Å². The number of hydrogen-bond donors (Lipinski definition) is 0. The Morgan fingerprint density at radius 2 is 1.56 bits per heavy atom. The Labute approximate surface area is 149 Å². The lowest BCUT2D eigenvalue weighted by molar-refractivity contribution is 0.159. The number of para-hydroxylation sites is 1. The second kappa shape index (κ2) is 7.99. The first kappa shape index (κ1) is 17.9. The van der Waals surface area contributed by atoms with Crippen molar-refractivity contribution in [3.63, 3.8) is 0 Å². The molecule has 1 heterocycles. The summed E-state index contributed by atoms with van der Waals surface area (Å²) >= 11 is 0. The lowest BCUT2D eigenvalue weighted by Gasteiger charge is -2.34. The minimum Gasteiger partial charge on any atom is -0.492 e. The Balaban J connectivity index is 1.51. The van der Waals surface area contributed by atoms with Crippen LogP contribution < -0.4 is 4.74 Å². The van der Waals surface area contributed by atoms with Gasteiger partial charge in [-0.2, -0.15) is 4.31 Å². The summed E-state index contributed by atoms with van der Waals surface area (Å²) in [6, 6.07) is 16.9. The van der Waals surface area contributed by atoms with Crippen LogP contribution in [0.15, 0.2) is 59.5 Å². The molecular formula is C19H24N2O3S. The van der Waals surface area contributed by atoms with E-state index in [0.717, 1.165) is 30.9 Å². The molecule has 0 spiro atoms. The molecule has 0 aliphatic carbocycles. The van der Waals surface area contributed by atoms with E-state index >= 15 is 0 Å². The fourth-order valence-electron chi connectivity index (χ4n) is 2.99. The van der Waals surface area contributed by atoms with Crippen LogP contribution in [0.5, 0.6) is 5.75 Å². The van der Waals surface area contributed by atoms with Crippen molar-refractivity contribution in [2.24, 2.45) is 0 Å². The van der Waals surface area contributed by atoms with Crippen LogP contribution in [0.3, 0.4) is 0 Å². The summed E-state index contributed by atoms with van der Waals surface area (Å²) in [6.45, 7) is 5.72. The predicted molar refractivity (Wildman–Crippen MR) is 98.3 cm³/mol. The Kier molecular flexibility index (Phi) is 5.73. The van der Waals surface area contributed by atoms with Gasteiger partial charge in [-0.05, 0) is 30.7 Å². The first-order valence-corrected chi connectivity index (χ1v) is 9.97. The fraction of sp³-hybridized carbons (Fsp3) is 0.368. The van der Waals surface area contributed by atoms with Crippen LogP contribution in [0.25, 0.3) is 0 Å². The molecule has 6 heteroatoms. The van der Waals surface area contributed by atoms with Gasteiger partial charge in [0, 0.05) is 32.7 Å². The van der Waals surface area contributed by atoms with Crippen LogP contribution >= 0.6 is 0 Å². The van der Waals surface area contributed by atoms with Gasteiger partial charge >= 0.3 is 0 Å². The Morgan fingerprint density at radius 3 is 2.24 bits per heavy atom. The summed E-state index contributed by atoms with van der Waals surface area (Å²) in [5.74, 6) is 0.864. The van der Waals surface area contributed by atoms with Gasteiger partial charge < -0.3 is 4.74 Å². The first-order chi connectivity index (χ1) is 12.1. The van der Waals surface area contributed by atoms with Crippen LogP contribution in [0.1, 0.15) is 5.56 Å². The van der Waals surface area contributed by atoms with Crippen LogP contribution in [-0.2, 0) is 10.0 Å². The largest absolute Gasteiger partial charge is 0.492 e. The van der Waals surface area contributed by atoms with Gasteiger partial charge in [0.25, 0.3) is 0 Å². The maximum absolute atomic E-state index is 12.8. The van der Waals surface area contributed by atoms with E-state index in [2.05, 4.69) is 4.90 Å². The summed E-state index contributed by atoms with van der Waals surface area (Å²) in [6.07, 6.45) is 0. The zero-order valence-corrected chi connectivity index (χ0v) is 15.3. The van der Waals surface area contributed by atoms with Gasteiger partial charge in [0.05, 0.1) is 4.90 Å². The quantitative estimate of drug-likeness (QED) is 0.794. The molecule has 1 fully saturated rings. The SMILES string of the molecule is Cc1ccccc1S(=O)(=O)N1CCN(CCOc2ccccc2)CC1. The highest BCUT2D eigenvalue weighted by atomic mass is 32.2. The van der Waals surface area contributed by atoms with Crippen LogP contribution in [0.2, 0.25) is 0 Å². The van der Waals surface area contributed by atoms with Crippen molar-refractivity contribution in [1.29, 1.82) is 0 Å². The van der Waals surface area contributed by atoms with E-state index in [0.29, 0.717) is 24.6 Å². The normalized spacial score (nSPS) is 16.7. The number of piperazine rings is 1. The topological polar surface area (TPSA) is 49.9 Å². The summed E-state index contributed by atoms with van der Waals surface area (Å²) in [5.41, 5.74) is 0.793. The molecule has 2 aromatic rings. The average Bonchev–Trinajstić information content (AvgIpc) is 2.63. The summed E-state index contributed by atoms with van der Waals surface area (Å²) in [7, 11) is -3.40. The minimum absolute atomic E-state index is 0.413. The van der Waals surface area contributed by atoms with E-state index in [4.69, 9.17) is 4.74 Å². The van der Waals surface area contributed by atoms with E-state index in [1.54, 1.807) is 16.4 Å². The lowest BCUT2D eigenvalue weighted by Crippen LogP contribution is -2.49. The van der Waals surface area contributed by atoms with Crippen LogP contribution in [0, 0.1) is 6.92 Å². The molecule has 0 radical (unpaired) electrons. The number of benzene rings is 2. The number of nitrogens with zero attached hydrogens (tertiary/aromatic N) is 2. The maximum Gasteiger partial charge on any atom is 0.243 e. The second-order valence-electron chi connectivity index (χ2n) is 6.17. The third-order valence-corrected chi connectivity index (χ3v) is 6.52. The van der Waals surface area contributed by atoms with E-state index in [9.17, 15) is 8.42 Å². The maximum atomic E-state index is 12.8. The average molecular weight is 360 g/mol.